The first kappa shape index (κ1) is 28.2. The van der Waals surface area contributed by atoms with Crippen LogP contribution in [0.4, 0.5) is 37.7 Å². The number of hydrazone groups is 1. The second-order valence-corrected chi connectivity index (χ2v) is 9.50. The molecule has 0 aliphatic carbocycles. The van der Waals surface area contributed by atoms with Gasteiger partial charge in [-0.05, 0) is 72.2 Å². The molecule has 0 bridgehead atoms. The van der Waals surface area contributed by atoms with Gasteiger partial charge in [-0.3, -0.25) is 4.57 Å². The molecular weight excluding hydrogens is 592 g/mol. The van der Waals surface area contributed by atoms with Gasteiger partial charge in [0.25, 0.3) is 0 Å². The van der Waals surface area contributed by atoms with Crippen LogP contribution in [0.2, 0.25) is 5.02 Å². The number of alkyl halides is 6. The van der Waals surface area contributed by atoms with Crippen LogP contribution in [0.1, 0.15) is 5.56 Å². The average molecular weight is 609 g/mol. The van der Waals surface area contributed by atoms with Crippen LogP contribution < -0.4 is 15.5 Å². The summed E-state index contributed by atoms with van der Waals surface area (Å²) in [6.45, 7) is 3.89. The van der Waals surface area contributed by atoms with Crippen LogP contribution in [-0.2, 0) is 6.18 Å². The van der Waals surface area contributed by atoms with Crippen molar-refractivity contribution in [1.29, 1.82) is 0 Å². The van der Waals surface area contributed by atoms with E-state index in [0.717, 1.165) is 34.5 Å². The van der Waals surface area contributed by atoms with Gasteiger partial charge in [-0.25, -0.2) is 4.98 Å². The van der Waals surface area contributed by atoms with Crippen LogP contribution in [0, 0.1) is 0 Å². The molecule has 0 saturated heterocycles. The number of rotatable bonds is 5. The van der Waals surface area contributed by atoms with Crippen molar-refractivity contribution in [1.82, 2.24) is 15.0 Å². The van der Waals surface area contributed by atoms with E-state index >= 15 is 0 Å². The van der Waals surface area contributed by atoms with E-state index in [1.165, 1.54) is 28.9 Å². The molecule has 2 N–H and O–H groups in total. The maximum Gasteiger partial charge on any atom is 0.573 e. The standard InChI is InChI=1S/C27H16ClF6N5OS/c1-38(37-25(41)36-22-13-16(26(29,30)31)3-10-21(22)28)18-6-9-20-15(12-18)2-11-23-24(20)35-14-39(23)17-4-7-19(8-5-17)40-27(32,33)34/h2-14H,1H2,(H-,36,37,41)/p+1. The zero-order valence-corrected chi connectivity index (χ0v) is 22.1. The van der Waals surface area contributed by atoms with Gasteiger partial charge >= 0.3 is 12.5 Å². The molecule has 0 radical (unpaired) electrons. The summed E-state index contributed by atoms with van der Waals surface area (Å²) in [5.41, 5.74) is 4.43. The maximum atomic E-state index is 13.1. The third kappa shape index (κ3) is 6.20. The maximum absolute atomic E-state index is 13.1. The largest absolute Gasteiger partial charge is 0.573 e. The van der Waals surface area contributed by atoms with Crippen molar-refractivity contribution in [2.45, 2.75) is 12.5 Å². The number of hydrogen-bond donors (Lipinski definition) is 2. The molecule has 4 aromatic carbocycles. The molecule has 0 atom stereocenters. The number of aromatic nitrogens is 2. The molecule has 5 rings (SSSR count). The number of imidazole rings is 1. The molecule has 6 nitrogen and oxygen atoms in total. The number of anilines is 1. The zero-order valence-electron chi connectivity index (χ0n) is 20.5. The lowest BCUT2D eigenvalue weighted by atomic mass is 10.1. The Balaban J connectivity index is 1.34. The molecule has 14 heteroatoms. The van der Waals surface area contributed by atoms with Gasteiger partial charge in [0.1, 0.15) is 12.1 Å². The average Bonchev–Trinajstić information content (AvgIpc) is 3.33. The summed E-state index contributed by atoms with van der Waals surface area (Å²) in [5, 5.41) is 4.26. The van der Waals surface area contributed by atoms with Crippen molar-refractivity contribution < 1.29 is 35.8 Å². The van der Waals surface area contributed by atoms with E-state index in [-0.39, 0.29) is 21.6 Å². The topological polar surface area (TPSA) is 54.1 Å². The molecule has 1 aromatic heterocycles. The first-order valence-electron chi connectivity index (χ1n) is 11.6. The molecule has 41 heavy (non-hydrogen) atoms. The van der Waals surface area contributed by atoms with Crippen LogP contribution in [0.25, 0.3) is 27.5 Å². The summed E-state index contributed by atoms with van der Waals surface area (Å²) in [5.74, 6) is -0.331. The van der Waals surface area contributed by atoms with Gasteiger partial charge in [0, 0.05) is 23.2 Å². The second-order valence-electron chi connectivity index (χ2n) is 8.68. The zero-order chi connectivity index (χ0) is 29.5. The number of hydrogen-bond acceptors (Lipinski definition) is 3. The highest BCUT2D eigenvalue weighted by Crippen LogP contribution is 2.34. The van der Waals surface area contributed by atoms with Crippen LogP contribution in [0.15, 0.2) is 79.1 Å². The van der Waals surface area contributed by atoms with E-state index in [4.69, 9.17) is 23.8 Å². The van der Waals surface area contributed by atoms with E-state index in [1.54, 1.807) is 23.0 Å². The number of hydrazine groups is 1. The third-order valence-electron chi connectivity index (χ3n) is 5.95. The molecule has 0 fully saturated rings. The van der Waals surface area contributed by atoms with Crippen molar-refractivity contribution in [2.75, 3.05) is 5.32 Å². The van der Waals surface area contributed by atoms with Gasteiger partial charge in [0.2, 0.25) is 10.8 Å². The summed E-state index contributed by atoms with van der Waals surface area (Å²) in [7, 11) is 0. The monoisotopic (exact) mass is 608 g/mol. The van der Waals surface area contributed by atoms with Crippen LogP contribution in [0.5, 0.6) is 5.75 Å². The van der Waals surface area contributed by atoms with Gasteiger partial charge in [0.05, 0.1) is 27.3 Å². The SMILES string of the molecule is C=[N+](NC(=S)Nc1cc(C(F)(F)F)ccc1Cl)c1ccc2c(ccc3c2ncn3-c2ccc(OC(F)(F)F)cc2)c1. The minimum atomic E-state index is -4.78. The Morgan fingerprint density at radius 2 is 1.68 bits per heavy atom. The highest BCUT2D eigenvalue weighted by Gasteiger charge is 2.32. The number of nitrogens with one attached hydrogen (secondary N) is 2. The van der Waals surface area contributed by atoms with Gasteiger partial charge < -0.3 is 10.1 Å². The van der Waals surface area contributed by atoms with Crippen molar-refractivity contribution >= 4 is 68.8 Å². The number of ether oxygens (including phenoxy) is 1. The molecule has 0 aliphatic heterocycles. The van der Waals surface area contributed by atoms with Crippen LogP contribution in [0.3, 0.4) is 0 Å². The Hall–Kier alpha value is -4.36. The molecule has 1 heterocycles. The number of fused-ring (bicyclic) bond motifs is 3. The lowest BCUT2D eigenvalue weighted by Crippen LogP contribution is -2.34. The molecule has 0 amide bonds. The normalized spacial score (nSPS) is 12.0. The van der Waals surface area contributed by atoms with Crippen molar-refractivity contribution in [3.05, 3.63) is 89.7 Å². The Bertz CT molecular complexity index is 1800. The molecule has 0 unspecified atom stereocenters. The number of thiocarbonyl (C=S) groups is 1. The van der Waals surface area contributed by atoms with Gasteiger partial charge in [-0.15, -0.1) is 18.6 Å². The molecule has 0 aliphatic rings. The molecule has 5 aromatic rings. The van der Waals surface area contributed by atoms with Gasteiger partial charge in [-0.2, -0.15) is 13.2 Å². The van der Waals surface area contributed by atoms with E-state index in [2.05, 4.69) is 27.2 Å². The first-order chi connectivity index (χ1) is 19.3. The molecule has 0 spiro atoms. The van der Waals surface area contributed by atoms with E-state index in [0.29, 0.717) is 16.9 Å². The summed E-state index contributed by atoms with van der Waals surface area (Å²) in [4.78, 5) is 4.49. The summed E-state index contributed by atoms with van der Waals surface area (Å²) < 4.78 is 83.6. The summed E-state index contributed by atoms with van der Waals surface area (Å²) in [6.07, 6.45) is -7.76. The van der Waals surface area contributed by atoms with Crippen LogP contribution >= 0.6 is 23.8 Å². The number of benzene rings is 4. The minimum Gasteiger partial charge on any atom is -0.406 e. The van der Waals surface area contributed by atoms with Crippen molar-refractivity contribution in [3.63, 3.8) is 0 Å². The highest BCUT2D eigenvalue weighted by atomic mass is 35.5. The first-order valence-corrected chi connectivity index (χ1v) is 12.4. The van der Waals surface area contributed by atoms with E-state index < -0.39 is 18.1 Å². The predicted molar refractivity (Wildman–Crippen MR) is 148 cm³/mol. The van der Waals surface area contributed by atoms with Crippen molar-refractivity contribution in [3.8, 4) is 11.4 Å². The fraction of sp³-hybridized carbons (Fsp3) is 0.0741. The lowest BCUT2D eigenvalue weighted by molar-refractivity contribution is -0.477. The fourth-order valence-electron chi connectivity index (χ4n) is 4.11. The molecule has 0 saturated carbocycles. The number of nitrogens with zero attached hydrogens (tertiary/aromatic N) is 3. The summed E-state index contributed by atoms with van der Waals surface area (Å²) in [6, 6.07) is 17.3. The Labute approximate surface area is 238 Å². The number of halogens is 7. The van der Waals surface area contributed by atoms with E-state index in [1.807, 2.05) is 18.2 Å². The second kappa shape index (κ2) is 10.6. The highest BCUT2D eigenvalue weighted by molar-refractivity contribution is 7.80. The molecule has 210 valence electrons. The Morgan fingerprint density at radius 3 is 2.37 bits per heavy atom. The smallest absolute Gasteiger partial charge is 0.406 e. The fourth-order valence-corrected chi connectivity index (χ4v) is 4.50. The van der Waals surface area contributed by atoms with E-state index in [9.17, 15) is 26.3 Å². The quantitative estimate of drug-likeness (QED) is 0.0696. The summed E-state index contributed by atoms with van der Waals surface area (Å²) >= 11 is 11.3. The minimum absolute atomic E-state index is 0.0219. The lowest BCUT2D eigenvalue weighted by Gasteiger charge is -2.13. The van der Waals surface area contributed by atoms with Crippen LogP contribution in [-0.4, -0.2) is 32.4 Å². The van der Waals surface area contributed by atoms with Crippen molar-refractivity contribution in [2.24, 2.45) is 0 Å². The molecular formula is C27H17ClF6N5OS+. The Kier molecular flexibility index (Phi) is 7.26. The Morgan fingerprint density at radius 1 is 0.951 bits per heavy atom. The van der Waals surface area contributed by atoms with Gasteiger partial charge in [0.15, 0.2) is 6.72 Å². The van der Waals surface area contributed by atoms with Gasteiger partial charge in [-0.1, -0.05) is 22.4 Å². The third-order valence-corrected chi connectivity index (χ3v) is 6.48. The predicted octanol–water partition coefficient (Wildman–Crippen LogP) is 8.00.